The summed E-state index contributed by atoms with van der Waals surface area (Å²) >= 11 is 1.19. The summed E-state index contributed by atoms with van der Waals surface area (Å²) in [5, 5.41) is 0. The molecule has 0 spiro atoms. The summed E-state index contributed by atoms with van der Waals surface area (Å²) in [5.41, 5.74) is 5.81. The second kappa shape index (κ2) is 8.88. The molecule has 1 fully saturated rings. The molecule has 23 heavy (non-hydrogen) atoms. The Kier molecular flexibility index (Phi) is 6.85. The fourth-order valence-corrected chi connectivity index (χ4v) is 3.14. The van der Waals surface area contributed by atoms with Crippen molar-refractivity contribution in [2.45, 2.75) is 25.5 Å². The lowest BCUT2D eigenvalue weighted by molar-refractivity contribution is -0.130. The molecule has 5 nitrogen and oxygen atoms in total. The van der Waals surface area contributed by atoms with Crippen molar-refractivity contribution in [2.75, 3.05) is 24.7 Å². The molecule has 0 radical (unpaired) electrons. The molecule has 0 bridgehead atoms. The first kappa shape index (κ1) is 17.7. The number of nitrogens with two attached hydrogens (primary N) is 1. The molecule has 0 aliphatic carbocycles. The Morgan fingerprint density at radius 2 is 2.22 bits per heavy atom. The van der Waals surface area contributed by atoms with Crippen LogP contribution in [0.4, 0.5) is 4.39 Å². The van der Waals surface area contributed by atoms with Gasteiger partial charge in [0.25, 0.3) is 0 Å². The number of halogens is 1. The van der Waals surface area contributed by atoms with Gasteiger partial charge in [-0.25, -0.2) is 4.39 Å². The number of hydrogen-bond donors (Lipinski definition) is 1. The van der Waals surface area contributed by atoms with E-state index in [1.54, 1.807) is 17.0 Å². The smallest absolute Gasteiger partial charge is 0.232 e. The molecule has 1 saturated heterocycles. The van der Waals surface area contributed by atoms with Gasteiger partial charge in [0.1, 0.15) is 5.82 Å². The van der Waals surface area contributed by atoms with Crippen molar-refractivity contribution in [2.24, 2.45) is 5.73 Å². The first-order valence-corrected chi connectivity index (χ1v) is 8.70. The molecular formula is C16H21FN2O3S. The van der Waals surface area contributed by atoms with Crippen LogP contribution in [0.15, 0.2) is 24.3 Å². The summed E-state index contributed by atoms with van der Waals surface area (Å²) in [5.74, 6) is -0.588. The summed E-state index contributed by atoms with van der Waals surface area (Å²) in [6.07, 6.45) is 1.93. The zero-order chi connectivity index (χ0) is 16.7. The number of rotatable bonds is 8. The summed E-state index contributed by atoms with van der Waals surface area (Å²) in [4.78, 5) is 24.8. The third kappa shape index (κ3) is 6.19. The molecule has 1 atom stereocenters. The van der Waals surface area contributed by atoms with Gasteiger partial charge in [0.2, 0.25) is 11.8 Å². The van der Waals surface area contributed by atoms with Crippen LogP contribution in [0.5, 0.6) is 0 Å². The van der Waals surface area contributed by atoms with E-state index in [9.17, 15) is 14.0 Å². The molecule has 2 amide bonds. The minimum absolute atomic E-state index is 0.0219. The zero-order valence-corrected chi connectivity index (χ0v) is 13.7. The van der Waals surface area contributed by atoms with Gasteiger partial charge in [-0.3, -0.25) is 9.59 Å². The number of thioether (sulfide) groups is 1. The molecule has 126 valence electrons. The van der Waals surface area contributed by atoms with Gasteiger partial charge in [-0.1, -0.05) is 12.1 Å². The molecule has 7 heteroatoms. The third-order valence-corrected chi connectivity index (χ3v) is 4.47. The van der Waals surface area contributed by atoms with Crippen LogP contribution in [-0.4, -0.2) is 47.5 Å². The maximum absolute atomic E-state index is 13.3. The van der Waals surface area contributed by atoms with Crippen molar-refractivity contribution in [3.63, 3.8) is 0 Å². The van der Waals surface area contributed by atoms with E-state index in [0.717, 1.165) is 18.4 Å². The predicted molar refractivity (Wildman–Crippen MR) is 87.3 cm³/mol. The maximum Gasteiger partial charge on any atom is 0.232 e. The van der Waals surface area contributed by atoms with Crippen LogP contribution in [0.25, 0.3) is 0 Å². The van der Waals surface area contributed by atoms with Gasteiger partial charge in [-0.2, -0.15) is 0 Å². The fraction of sp³-hybridized carbons (Fsp3) is 0.500. The standard InChI is InChI=1S/C16H21FN2O3S/c17-13-4-1-3-12(7-13)8-19(9-14-5-2-6-22-14)16(21)11-23-10-15(18)20/h1,3-4,7,14H,2,5-6,8-11H2,(H2,18,20). The first-order chi connectivity index (χ1) is 11.0. The molecule has 1 heterocycles. The highest BCUT2D eigenvalue weighted by Crippen LogP contribution is 2.16. The van der Waals surface area contributed by atoms with Gasteiger partial charge >= 0.3 is 0 Å². The number of hydrogen-bond acceptors (Lipinski definition) is 4. The number of carbonyl (C=O) groups excluding carboxylic acids is 2. The van der Waals surface area contributed by atoms with Gasteiger partial charge in [-0.05, 0) is 30.5 Å². The van der Waals surface area contributed by atoms with E-state index in [1.807, 2.05) is 0 Å². The molecule has 1 aromatic carbocycles. The number of carbonyl (C=O) groups is 2. The number of amides is 2. The summed E-state index contributed by atoms with van der Waals surface area (Å²) in [6.45, 7) is 1.52. The molecular weight excluding hydrogens is 319 g/mol. The van der Waals surface area contributed by atoms with Crippen LogP contribution in [0.3, 0.4) is 0 Å². The molecule has 1 aliphatic heterocycles. The monoisotopic (exact) mass is 340 g/mol. The average molecular weight is 340 g/mol. The number of nitrogens with zero attached hydrogens (tertiary/aromatic N) is 1. The quantitative estimate of drug-likeness (QED) is 0.779. The van der Waals surface area contributed by atoms with E-state index in [2.05, 4.69) is 0 Å². The van der Waals surface area contributed by atoms with Crippen LogP contribution < -0.4 is 5.73 Å². The number of primary amides is 1. The van der Waals surface area contributed by atoms with Crippen molar-refractivity contribution < 1.29 is 18.7 Å². The van der Waals surface area contributed by atoms with Gasteiger partial charge in [0.15, 0.2) is 0 Å². The number of ether oxygens (including phenoxy) is 1. The van der Waals surface area contributed by atoms with Crippen molar-refractivity contribution in [3.8, 4) is 0 Å². The van der Waals surface area contributed by atoms with E-state index in [1.165, 1.54) is 23.9 Å². The zero-order valence-electron chi connectivity index (χ0n) is 12.9. The van der Waals surface area contributed by atoms with E-state index < -0.39 is 5.91 Å². The molecule has 1 aliphatic rings. The second-order valence-corrected chi connectivity index (χ2v) is 6.48. The van der Waals surface area contributed by atoms with Crippen LogP contribution in [-0.2, 0) is 20.9 Å². The largest absolute Gasteiger partial charge is 0.376 e. The molecule has 0 aromatic heterocycles. The van der Waals surface area contributed by atoms with E-state index in [-0.39, 0.29) is 29.3 Å². The molecule has 0 saturated carbocycles. The second-order valence-electron chi connectivity index (χ2n) is 5.50. The molecule has 2 N–H and O–H groups in total. The Balaban J connectivity index is 1.98. The van der Waals surface area contributed by atoms with E-state index in [0.29, 0.717) is 19.7 Å². The Morgan fingerprint density at radius 3 is 2.87 bits per heavy atom. The lowest BCUT2D eigenvalue weighted by Crippen LogP contribution is -2.38. The van der Waals surface area contributed by atoms with E-state index >= 15 is 0 Å². The van der Waals surface area contributed by atoms with Crippen LogP contribution >= 0.6 is 11.8 Å². The van der Waals surface area contributed by atoms with Crippen LogP contribution in [0, 0.1) is 5.82 Å². The van der Waals surface area contributed by atoms with E-state index in [4.69, 9.17) is 10.5 Å². The Hall–Kier alpha value is -1.60. The predicted octanol–water partition coefficient (Wildman–Crippen LogP) is 1.55. The van der Waals surface area contributed by atoms with Crippen molar-refractivity contribution >= 4 is 23.6 Å². The summed E-state index contributed by atoms with van der Waals surface area (Å²) < 4.78 is 18.9. The van der Waals surface area contributed by atoms with Gasteiger partial charge in [0, 0.05) is 19.7 Å². The van der Waals surface area contributed by atoms with Crippen molar-refractivity contribution in [3.05, 3.63) is 35.6 Å². The van der Waals surface area contributed by atoms with Crippen LogP contribution in [0.2, 0.25) is 0 Å². The highest BCUT2D eigenvalue weighted by Gasteiger charge is 2.23. The topological polar surface area (TPSA) is 72.6 Å². The molecule has 1 unspecified atom stereocenters. The van der Waals surface area contributed by atoms with Crippen molar-refractivity contribution in [1.29, 1.82) is 0 Å². The third-order valence-electron chi connectivity index (χ3n) is 3.53. The van der Waals surface area contributed by atoms with Crippen LogP contribution in [0.1, 0.15) is 18.4 Å². The molecule has 1 aromatic rings. The highest BCUT2D eigenvalue weighted by atomic mass is 32.2. The maximum atomic E-state index is 13.3. The Morgan fingerprint density at radius 1 is 1.39 bits per heavy atom. The lowest BCUT2D eigenvalue weighted by Gasteiger charge is -2.25. The van der Waals surface area contributed by atoms with Gasteiger partial charge < -0.3 is 15.4 Å². The molecule has 2 rings (SSSR count). The first-order valence-electron chi connectivity index (χ1n) is 7.54. The lowest BCUT2D eigenvalue weighted by atomic mass is 10.2. The van der Waals surface area contributed by atoms with Crippen molar-refractivity contribution in [1.82, 2.24) is 4.90 Å². The average Bonchev–Trinajstić information content (AvgIpc) is 2.99. The Labute approximate surface area is 139 Å². The summed E-state index contributed by atoms with van der Waals surface area (Å²) in [7, 11) is 0. The van der Waals surface area contributed by atoms with Gasteiger partial charge in [-0.15, -0.1) is 11.8 Å². The minimum atomic E-state index is -0.446. The van der Waals surface area contributed by atoms with Gasteiger partial charge in [0.05, 0.1) is 17.6 Å². The summed E-state index contributed by atoms with van der Waals surface area (Å²) in [6, 6.07) is 6.21. The normalized spacial score (nSPS) is 17.2. The highest BCUT2D eigenvalue weighted by molar-refractivity contribution is 8.00. The Bertz CT molecular complexity index is 550. The SMILES string of the molecule is NC(=O)CSCC(=O)N(Cc1cccc(F)c1)CC1CCCO1. The number of benzene rings is 1. The minimum Gasteiger partial charge on any atom is -0.376 e. The fourth-order valence-electron chi connectivity index (χ4n) is 2.47.